The molecular formula is C29H44N2O6S. The van der Waals surface area contributed by atoms with Gasteiger partial charge in [0.25, 0.3) is 15.9 Å². The smallest absolute Gasteiger partial charge is 0.262 e. The Hall–Kier alpha value is -2.62. The molecule has 2 aromatic carbocycles. The van der Waals surface area contributed by atoms with E-state index in [0.29, 0.717) is 31.9 Å². The Balaban J connectivity index is 2.62. The molecule has 0 spiro atoms. The van der Waals surface area contributed by atoms with E-state index < -0.39 is 15.9 Å². The summed E-state index contributed by atoms with van der Waals surface area (Å²) in [7, 11) is -0.940. The zero-order valence-corrected chi connectivity index (χ0v) is 25.0. The molecule has 0 bridgehead atoms. The predicted octanol–water partition coefficient (Wildman–Crippen LogP) is 5.61. The van der Waals surface area contributed by atoms with Crippen molar-refractivity contribution in [3.63, 3.8) is 0 Å². The summed E-state index contributed by atoms with van der Waals surface area (Å²) < 4.78 is 40.8. The number of aromatic hydroxyl groups is 1. The number of ether oxygens (including phenoxy) is 2. The van der Waals surface area contributed by atoms with Crippen molar-refractivity contribution < 1.29 is 27.8 Å². The number of nitrogens with zero attached hydrogens (tertiary/aromatic N) is 1. The molecule has 9 heteroatoms. The lowest BCUT2D eigenvalue weighted by Crippen LogP contribution is -2.36. The minimum absolute atomic E-state index is 0.0122. The maximum atomic E-state index is 13.9. The average Bonchev–Trinajstić information content (AvgIpc) is 2.84. The molecule has 0 fully saturated rings. The van der Waals surface area contributed by atoms with Crippen LogP contribution >= 0.6 is 0 Å². The van der Waals surface area contributed by atoms with Gasteiger partial charge in [-0.15, -0.1) is 0 Å². The normalized spacial score (nSPS) is 12.0. The Bertz CT molecular complexity index is 1180. The first kappa shape index (κ1) is 31.6. The van der Waals surface area contributed by atoms with Gasteiger partial charge in [0.2, 0.25) is 0 Å². The molecule has 0 atom stereocenters. The van der Waals surface area contributed by atoms with Gasteiger partial charge in [0.15, 0.2) is 0 Å². The van der Waals surface area contributed by atoms with Gasteiger partial charge in [0, 0.05) is 27.3 Å². The van der Waals surface area contributed by atoms with E-state index in [1.54, 1.807) is 21.1 Å². The number of aryl methyl sites for hydroxylation is 1. The second kappa shape index (κ2) is 13.4. The fourth-order valence-electron chi connectivity index (χ4n) is 4.30. The largest absolute Gasteiger partial charge is 0.507 e. The van der Waals surface area contributed by atoms with Crippen LogP contribution in [0.15, 0.2) is 29.2 Å². The highest BCUT2D eigenvalue weighted by Crippen LogP contribution is 2.37. The van der Waals surface area contributed by atoms with Gasteiger partial charge >= 0.3 is 0 Å². The van der Waals surface area contributed by atoms with E-state index >= 15 is 0 Å². The molecule has 0 heterocycles. The molecule has 38 heavy (non-hydrogen) atoms. The van der Waals surface area contributed by atoms with Crippen LogP contribution in [-0.4, -0.2) is 64.9 Å². The van der Waals surface area contributed by atoms with E-state index in [-0.39, 0.29) is 39.6 Å². The lowest BCUT2D eigenvalue weighted by Gasteiger charge is -2.24. The number of anilines is 1. The molecule has 0 aromatic heterocycles. The van der Waals surface area contributed by atoms with Gasteiger partial charge in [-0.1, -0.05) is 53.7 Å². The van der Waals surface area contributed by atoms with Gasteiger partial charge < -0.3 is 19.5 Å². The van der Waals surface area contributed by atoms with E-state index in [0.717, 1.165) is 16.7 Å². The topological polar surface area (TPSA) is 105 Å². The second-order valence-corrected chi connectivity index (χ2v) is 12.2. The number of nitrogens with one attached hydrogen (secondary N) is 1. The number of carbonyl (C=O) groups excluding carboxylic acids is 1. The van der Waals surface area contributed by atoms with E-state index in [1.807, 2.05) is 39.8 Å². The van der Waals surface area contributed by atoms with Crippen molar-refractivity contribution in [2.45, 2.75) is 71.1 Å². The Labute approximate surface area is 228 Å². The molecule has 2 N–H and O–H groups in total. The Kier molecular flexibility index (Phi) is 11.2. The van der Waals surface area contributed by atoms with Crippen LogP contribution in [0.4, 0.5) is 5.69 Å². The molecule has 2 aromatic rings. The first-order valence-corrected chi connectivity index (χ1v) is 14.5. The fourth-order valence-corrected chi connectivity index (χ4v) is 6.04. The van der Waals surface area contributed by atoms with Crippen molar-refractivity contribution in [1.82, 2.24) is 4.90 Å². The number of sulfonamides is 1. The van der Waals surface area contributed by atoms with Crippen LogP contribution < -0.4 is 4.72 Å². The molecule has 0 saturated heterocycles. The summed E-state index contributed by atoms with van der Waals surface area (Å²) in [6, 6.07) is 6.89. The number of phenolic OH excluding ortho intramolecular Hbond substituents is 1. The molecule has 0 radical (unpaired) electrons. The molecule has 8 nitrogen and oxygen atoms in total. The van der Waals surface area contributed by atoms with E-state index in [4.69, 9.17) is 9.47 Å². The number of phenols is 1. The van der Waals surface area contributed by atoms with E-state index in [2.05, 4.69) is 18.6 Å². The van der Waals surface area contributed by atoms with Crippen LogP contribution in [0.1, 0.15) is 91.9 Å². The number of hydrogen-bond donors (Lipinski definition) is 2. The Morgan fingerprint density at radius 1 is 0.895 bits per heavy atom. The second-order valence-electron chi connectivity index (χ2n) is 10.6. The van der Waals surface area contributed by atoms with Gasteiger partial charge in [-0.2, -0.15) is 0 Å². The summed E-state index contributed by atoms with van der Waals surface area (Å²) in [5, 5.41) is 10.7. The Morgan fingerprint density at radius 3 is 1.82 bits per heavy atom. The minimum atomic E-state index is -4.02. The summed E-state index contributed by atoms with van der Waals surface area (Å²) in [5.41, 5.74) is 3.21. The SMILES string of the molecule is COCCN(CCOC)C(=O)c1cc(NS(=O)(=O)c2c(C(C)C)cc(C(C)C)cc2C(C)C)cc(C)c1O. The van der Waals surface area contributed by atoms with Gasteiger partial charge in [0.05, 0.1) is 29.4 Å². The summed E-state index contributed by atoms with van der Waals surface area (Å²) >= 11 is 0. The molecule has 0 aliphatic carbocycles. The molecule has 0 aliphatic rings. The third-order valence-corrected chi connectivity index (χ3v) is 8.06. The lowest BCUT2D eigenvalue weighted by molar-refractivity contribution is 0.0624. The van der Waals surface area contributed by atoms with Crippen LogP contribution in [0.5, 0.6) is 5.75 Å². The minimum Gasteiger partial charge on any atom is -0.507 e. The van der Waals surface area contributed by atoms with Crippen molar-refractivity contribution in [1.29, 1.82) is 0 Å². The first-order chi connectivity index (χ1) is 17.7. The highest BCUT2D eigenvalue weighted by Gasteiger charge is 2.28. The maximum absolute atomic E-state index is 13.9. The molecule has 0 saturated carbocycles. The fraction of sp³-hybridized carbons (Fsp3) is 0.552. The van der Waals surface area contributed by atoms with Gasteiger partial charge in [-0.3, -0.25) is 9.52 Å². The molecule has 2 rings (SSSR count). The third kappa shape index (κ3) is 7.48. The Morgan fingerprint density at radius 2 is 1.39 bits per heavy atom. The van der Waals surface area contributed by atoms with Crippen molar-refractivity contribution >= 4 is 21.6 Å². The van der Waals surface area contributed by atoms with Crippen LogP contribution in [0, 0.1) is 6.92 Å². The highest BCUT2D eigenvalue weighted by atomic mass is 32.2. The van der Waals surface area contributed by atoms with Crippen molar-refractivity contribution in [3.8, 4) is 5.75 Å². The zero-order valence-electron chi connectivity index (χ0n) is 24.2. The highest BCUT2D eigenvalue weighted by molar-refractivity contribution is 7.92. The van der Waals surface area contributed by atoms with E-state index in [1.165, 1.54) is 17.0 Å². The number of amides is 1. The van der Waals surface area contributed by atoms with Crippen molar-refractivity contribution in [2.75, 3.05) is 45.2 Å². The predicted molar refractivity (Wildman–Crippen MR) is 152 cm³/mol. The van der Waals surface area contributed by atoms with Crippen LogP contribution in [0.3, 0.4) is 0 Å². The summed E-state index contributed by atoms with van der Waals surface area (Å²) in [5.74, 6) is -0.419. The first-order valence-electron chi connectivity index (χ1n) is 13.1. The van der Waals surface area contributed by atoms with Gasteiger partial charge in [-0.25, -0.2) is 8.42 Å². The summed E-state index contributed by atoms with van der Waals surface area (Å²) in [6.45, 7) is 15.0. The number of benzene rings is 2. The average molecular weight is 549 g/mol. The zero-order chi connectivity index (χ0) is 28.8. The molecule has 0 unspecified atom stereocenters. The third-order valence-electron chi connectivity index (χ3n) is 6.55. The van der Waals surface area contributed by atoms with E-state index in [9.17, 15) is 18.3 Å². The number of hydrogen-bond acceptors (Lipinski definition) is 6. The van der Waals surface area contributed by atoms with Crippen molar-refractivity contribution in [2.24, 2.45) is 0 Å². The molecule has 212 valence electrons. The summed E-state index contributed by atoms with van der Waals surface area (Å²) in [4.78, 5) is 15.2. The monoisotopic (exact) mass is 548 g/mol. The summed E-state index contributed by atoms with van der Waals surface area (Å²) in [6.07, 6.45) is 0. The molecule has 0 aliphatic heterocycles. The number of methoxy groups -OCH3 is 2. The van der Waals surface area contributed by atoms with Crippen LogP contribution in [0.2, 0.25) is 0 Å². The van der Waals surface area contributed by atoms with Gasteiger partial charge in [-0.05, 0) is 59.1 Å². The van der Waals surface area contributed by atoms with Gasteiger partial charge in [0.1, 0.15) is 5.75 Å². The standard InChI is InChI=1S/C29H44N2O6S/c1-18(2)22-15-24(19(3)4)28(25(16-22)20(5)6)38(34,35)30-23-14-21(7)27(32)26(17-23)29(33)31(10-12-36-8)11-13-37-9/h14-20,30,32H,10-13H2,1-9H3. The number of rotatable bonds is 13. The number of carbonyl (C=O) groups is 1. The molecule has 1 amide bonds. The lowest BCUT2D eigenvalue weighted by atomic mass is 9.89. The quantitative estimate of drug-likeness (QED) is 0.316. The van der Waals surface area contributed by atoms with Crippen LogP contribution in [-0.2, 0) is 19.5 Å². The van der Waals surface area contributed by atoms with Crippen LogP contribution in [0.25, 0.3) is 0 Å². The maximum Gasteiger partial charge on any atom is 0.262 e. The molecular weight excluding hydrogens is 504 g/mol. The van der Waals surface area contributed by atoms with Crippen molar-refractivity contribution in [3.05, 3.63) is 52.1 Å².